The van der Waals surface area contributed by atoms with E-state index in [0.717, 1.165) is 30.8 Å². The number of amides is 2. The van der Waals surface area contributed by atoms with Crippen molar-refractivity contribution >= 4 is 17.8 Å². The first kappa shape index (κ1) is 15.6. The van der Waals surface area contributed by atoms with Crippen LogP contribution in [0.4, 0.5) is 10.6 Å². The van der Waals surface area contributed by atoms with Crippen molar-refractivity contribution in [2.45, 2.75) is 45.3 Å². The molecule has 2 aliphatic rings. The topological polar surface area (TPSA) is 85.8 Å². The standard InChI is InChI=1S/C16H22N4O3/c1-16(2)5-4-6-20(16)13-7-10-11(8-17-14(10)21)12(18-13)9-19(3)15(22)23/h7H,4-6,8-9H2,1-3H3,(H,17,21)(H,22,23). The number of rotatable bonds is 3. The molecule has 1 aromatic heterocycles. The molecule has 1 aromatic rings. The van der Waals surface area contributed by atoms with Gasteiger partial charge in [-0.2, -0.15) is 0 Å². The van der Waals surface area contributed by atoms with Crippen LogP contribution in [0.1, 0.15) is 48.3 Å². The van der Waals surface area contributed by atoms with Gasteiger partial charge in [-0.15, -0.1) is 0 Å². The number of carboxylic acid groups (broad SMARTS) is 1. The SMILES string of the molecule is CN(Cc1nc(N2CCCC2(C)C)cc2c1CNC2=O)C(=O)O. The molecule has 0 spiro atoms. The Kier molecular flexibility index (Phi) is 3.66. The summed E-state index contributed by atoms with van der Waals surface area (Å²) in [6.45, 7) is 5.81. The molecule has 23 heavy (non-hydrogen) atoms. The van der Waals surface area contributed by atoms with Crippen LogP contribution in [0.15, 0.2) is 6.07 Å². The summed E-state index contributed by atoms with van der Waals surface area (Å²) in [7, 11) is 1.51. The maximum absolute atomic E-state index is 12.1. The summed E-state index contributed by atoms with van der Waals surface area (Å²) in [5.41, 5.74) is 2.07. The number of nitrogens with zero attached hydrogens (tertiary/aromatic N) is 3. The lowest BCUT2D eigenvalue weighted by Crippen LogP contribution is -2.39. The largest absolute Gasteiger partial charge is 0.465 e. The fourth-order valence-corrected chi connectivity index (χ4v) is 3.37. The Balaban J connectivity index is 2.03. The molecule has 0 atom stereocenters. The second-order valence-corrected chi connectivity index (χ2v) is 6.84. The lowest BCUT2D eigenvalue weighted by atomic mass is 10.0. The molecule has 0 aliphatic carbocycles. The zero-order valence-corrected chi connectivity index (χ0v) is 13.7. The van der Waals surface area contributed by atoms with Crippen molar-refractivity contribution in [2.75, 3.05) is 18.5 Å². The number of nitrogens with one attached hydrogen (secondary N) is 1. The molecular weight excluding hydrogens is 296 g/mol. The van der Waals surface area contributed by atoms with E-state index < -0.39 is 6.09 Å². The smallest absolute Gasteiger partial charge is 0.407 e. The molecule has 3 rings (SSSR count). The highest BCUT2D eigenvalue weighted by molar-refractivity contribution is 5.99. The molecule has 2 aliphatic heterocycles. The summed E-state index contributed by atoms with van der Waals surface area (Å²) in [5, 5.41) is 11.9. The first-order valence-electron chi connectivity index (χ1n) is 7.82. The number of anilines is 1. The third kappa shape index (κ3) is 2.71. The molecule has 124 valence electrons. The average Bonchev–Trinajstić information content (AvgIpc) is 3.01. The summed E-state index contributed by atoms with van der Waals surface area (Å²) >= 11 is 0. The summed E-state index contributed by atoms with van der Waals surface area (Å²) in [5.74, 6) is 0.650. The lowest BCUT2D eigenvalue weighted by Gasteiger charge is -2.33. The molecule has 7 heteroatoms. The van der Waals surface area contributed by atoms with Crippen LogP contribution in [0, 0.1) is 0 Å². The van der Waals surface area contributed by atoms with Gasteiger partial charge in [-0.25, -0.2) is 9.78 Å². The highest BCUT2D eigenvalue weighted by atomic mass is 16.4. The van der Waals surface area contributed by atoms with Crippen molar-refractivity contribution in [2.24, 2.45) is 0 Å². The van der Waals surface area contributed by atoms with Crippen LogP contribution >= 0.6 is 0 Å². The average molecular weight is 318 g/mol. The first-order chi connectivity index (χ1) is 10.8. The summed E-state index contributed by atoms with van der Waals surface area (Å²) in [4.78, 5) is 31.3. The number of hydrogen-bond acceptors (Lipinski definition) is 4. The summed E-state index contributed by atoms with van der Waals surface area (Å²) in [6.07, 6.45) is 1.15. The maximum atomic E-state index is 12.1. The number of pyridine rings is 1. The van der Waals surface area contributed by atoms with Crippen molar-refractivity contribution in [3.05, 3.63) is 22.9 Å². The fraction of sp³-hybridized carbons (Fsp3) is 0.562. The van der Waals surface area contributed by atoms with Crippen LogP contribution in [-0.2, 0) is 13.1 Å². The van der Waals surface area contributed by atoms with E-state index in [4.69, 9.17) is 10.1 Å². The third-order valence-electron chi connectivity index (χ3n) is 4.76. The molecule has 7 nitrogen and oxygen atoms in total. The minimum Gasteiger partial charge on any atom is -0.465 e. The molecule has 0 bridgehead atoms. The number of carbonyl (C=O) groups excluding carboxylic acids is 1. The summed E-state index contributed by atoms with van der Waals surface area (Å²) in [6, 6.07) is 1.84. The second kappa shape index (κ2) is 5.40. The molecule has 1 fully saturated rings. The van der Waals surface area contributed by atoms with Gasteiger partial charge in [0, 0.05) is 36.8 Å². The van der Waals surface area contributed by atoms with Gasteiger partial charge in [0.25, 0.3) is 5.91 Å². The zero-order valence-electron chi connectivity index (χ0n) is 13.7. The molecule has 2 N–H and O–H groups in total. The number of hydrogen-bond donors (Lipinski definition) is 2. The van der Waals surface area contributed by atoms with Crippen molar-refractivity contribution in [3.8, 4) is 0 Å². The quantitative estimate of drug-likeness (QED) is 0.888. The van der Waals surface area contributed by atoms with Gasteiger partial charge in [-0.1, -0.05) is 0 Å². The molecule has 3 heterocycles. The maximum Gasteiger partial charge on any atom is 0.407 e. The molecule has 0 aromatic carbocycles. The van der Waals surface area contributed by atoms with Gasteiger partial charge in [-0.05, 0) is 32.8 Å². The van der Waals surface area contributed by atoms with Crippen molar-refractivity contribution in [1.29, 1.82) is 0 Å². The van der Waals surface area contributed by atoms with Crippen LogP contribution < -0.4 is 10.2 Å². The van der Waals surface area contributed by atoms with E-state index >= 15 is 0 Å². The normalized spacial score (nSPS) is 18.7. The first-order valence-corrected chi connectivity index (χ1v) is 7.82. The van der Waals surface area contributed by atoms with Gasteiger partial charge in [0.1, 0.15) is 5.82 Å². The van der Waals surface area contributed by atoms with Gasteiger partial charge in [0.2, 0.25) is 0 Å². The molecule has 0 radical (unpaired) electrons. The van der Waals surface area contributed by atoms with Gasteiger partial charge >= 0.3 is 6.09 Å². The van der Waals surface area contributed by atoms with E-state index in [1.807, 2.05) is 6.07 Å². The number of carbonyl (C=O) groups is 2. The Morgan fingerprint density at radius 3 is 2.87 bits per heavy atom. The lowest BCUT2D eigenvalue weighted by molar-refractivity contribution is 0.0965. The summed E-state index contributed by atoms with van der Waals surface area (Å²) < 4.78 is 0. The van der Waals surface area contributed by atoms with E-state index in [1.54, 1.807) is 0 Å². The Hall–Kier alpha value is -2.31. The van der Waals surface area contributed by atoms with Gasteiger partial charge in [0.05, 0.1) is 12.2 Å². The third-order valence-corrected chi connectivity index (χ3v) is 4.76. The fourth-order valence-electron chi connectivity index (χ4n) is 3.37. The highest BCUT2D eigenvalue weighted by Crippen LogP contribution is 2.34. The Bertz CT molecular complexity index is 672. The molecular formula is C16H22N4O3. The van der Waals surface area contributed by atoms with Crippen LogP contribution in [-0.4, -0.2) is 46.1 Å². The molecule has 2 amide bonds. The van der Waals surface area contributed by atoms with Crippen molar-refractivity contribution in [1.82, 2.24) is 15.2 Å². The zero-order chi connectivity index (χ0) is 16.8. The second-order valence-electron chi connectivity index (χ2n) is 6.84. The Morgan fingerprint density at radius 1 is 1.52 bits per heavy atom. The van der Waals surface area contributed by atoms with Gasteiger partial charge < -0.3 is 20.2 Å². The monoisotopic (exact) mass is 318 g/mol. The van der Waals surface area contributed by atoms with E-state index in [1.165, 1.54) is 11.9 Å². The Morgan fingerprint density at radius 2 is 2.26 bits per heavy atom. The number of fused-ring (bicyclic) bond motifs is 1. The van der Waals surface area contributed by atoms with Crippen molar-refractivity contribution in [3.63, 3.8) is 0 Å². The molecule has 1 saturated heterocycles. The van der Waals surface area contributed by atoms with Crippen molar-refractivity contribution < 1.29 is 14.7 Å². The Labute approximate surface area is 135 Å². The predicted octanol–water partition coefficient (Wildman–Crippen LogP) is 1.81. The van der Waals surface area contributed by atoms with E-state index in [-0.39, 0.29) is 18.0 Å². The minimum atomic E-state index is -1.01. The van der Waals surface area contributed by atoms with Gasteiger partial charge in [0.15, 0.2) is 0 Å². The van der Waals surface area contributed by atoms with Crippen LogP contribution in [0.5, 0.6) is 0 Å². The van der Waals surface area contributed by atoms with E-state index in [9.17, 15) is 9.59 Å². The highest BCUT2D eigenvalue weighted by Gasteiger charge is 2.35. The van der Waals surface area contributed by atoms with E-state index in [0.29, 0.717) is 17.8 Å². The molecule has 0 unspecified atom stereocenters. The molecule has 0 saturated carbocycles. The van der Waals surface area contributed by atoms with Gasteiger partial charge in [-0.3, -0.25) is 4.79 Å². The minimum absolute atomic E-state index is 0.00765. The predicted molar refractivity (Wildman–Crippen MR) is 85.6 cm³/mol. The van der Waals surface area contributed by atoms with Crippen LogP contribution in [0.3, 0.4) is 0 Å². The van der Waals surface area contributed by atoms with E-state index in [2.05, 4.69) is 24.1 Å². The van der Waals surface area contributed by atoms with Crippen LogP contribution in [0.2, 0.25) is 0 Å². The van der Waals surface area contributed by atoms with Crippen LogP contribution in [0.25, 0.3) is 0 Å². The number of aromatic nitrogens is 1.